The second kappa shape index (κ2) is 4.87. The molecule has 0 amide bonds. The summed E-state index contributed by atoms with van der Waals surface area (Å²) in [7, 11) is 0. The van der Waals surface area contributed by atoms with Gasteiger partial charge < -0.3 is 10.4 Å². The van der Waals surface area contributed by atoms with Crippen LogP contribution in [0.5, 0.6) is 5.75 Å². The van der Waals surface area contributed by atoms with Crippen molar-refractivity contribution < 1.29 is 5.11 Å². The number of allylic oxidation sites excluding steroid dienone is 2. The van der Waals surface area contributed by atoms with Crippen LogP contribution in [0.25, 0.3) is 0 Å². The number of aromatic hydroxyl groups is 1. The number of hydrogen-bond donors (Lipinski definition) is 2. The lowest BCUT2D eigenvalue weighted by Crippen LogP contribution is -2.15. The van der Waals surface area contributed by atoms with Crippen LogP contribution in [-0.2, 0) is 0 Å². The van der Waals surface area contributed by atoms with Gasteiger partial charge in [-0.15, -0.1) is 0 Å². The van der Waals surface area contributed by atoms with Crippen molar-refractivity contribution in [2.24, 2.45) is 5.92 Å². The third kappa shape index (κ3) is 3.01. The summed E-state index contributed by atoms with van der Waals surface area (Å²) >= 11 is 0. The summed E-state index contributed by atoms with van der Waals surface area (Å²) in [5.74, 6) is 1.06. The second-order valence-electron chi connectivity index (χ2n) is 4.08. The molecule has 1 atom stereocenters. The molecule has 2 heteroatoms. The molecule has 0 heterocycles. The molecule has 1 aliphatic carbocycles. The van der Waals surface area contributed by atoms with Crippen molar-refractivity contribution in [3.05, 3.63) is 36.4 Å². The molecule has 0 saturated carbocycles. The summed E-state index contributed by atoms with van der Waals surface area (Å²) in [5, 5.41) is 12.7. The Hall–Kier alpha value is -1.44. The van der Waals surface area contributed by atoms with Gasteiger partial charge in [0, 0.05) is 18.3 Å². The summed E-state index contributed by atoms with van der Waals surface area (Å²) in [5.41, 5.74) is 1.00. The summed E-state index contributed by atoms with van der Waals surface area (Å²) in [6.07, 6.45) is 8.16. The average molecular weight is 203 g/mol. The third-order valence-electron chi connectivity index (χ3n) is 2.82. The molecular formula is C13H17NO. The zero-order valence-corrected chi connectivity index (χ0v) is 8.82. The number of phenols is 1. The Morgan fingerprint density at radius 3 is 3.00 bits per heavy atom. The molecule has 2 rings (SSSR count). The van der Waals surface area contributed by atoms with Crippen LogP contribution in [0, 0.1) is 5.92 Å². The van der Waals surface area contributed by atoms with E-state index in [0.29, 0.717) is 5.75 Å². The monoisotopic (exact) mass is 203 g/mol. The first-order chi connectivity index (χ1) is 7.34. The Labute approximate surface area is 90.6 Å². The van der Waals surface area contributed by atoms with Crippen LogP contribution in [0.4, 0.5) is 5.69 Å². The van der Waals surface area contributed by atoms with E-state index < -0.39 is 0 Å². The molecule has 80 valence electrons. The van der Waals surface area contributed by atoms with Crippen molar-refractivity contribution in [2.75, 3.05) is 11.9 Å². The van der Waals surface area contributed by atoms with Gasteiger partial charge in [0.15, 0.2) is 0 Å². The van der Waals surface area contributed by atoms with E-state index in [1.807, 2.05) is 12.1 Å². The van der Waals surface area contributed by atoms with E-state index in [1.54, 1.807) is 12.1 Å². The van der Waals surface area contributed by atoms with Gasteiger partial charge in [-0.2, -0.15) is 0 Å². The van der Waals surface area contributed by atoms with Gasteiger partial charge in [0.1, 0.15) is 5.75 Å². The average Bonchev–Trinajstić information content (AvgIpc) is 2.28. The molecule has 1 aromatic carbocycles. The molecule has 1 unspecified atom stereocenters. The number of nitrogens with one attached hydrogen (secondary N) is 1. The minimum absolute atomic E-state index is 0.323. The van der Waals surface area contributed by atoms with Crippen LogP contribution < -0.4 is 5.32 Å². The van der Waals surface area contributed by atoms with E-state index >= 15 is 0 Å². The van der Waals surface area contributed by atoms with Gasteiger partial charge in [-0.25, -0.2) is 0 Å². The van der Waals surface area contributed by atoms with Gasteiger partial charge in [0.25, 0.3) is 0 Å². The highest BCUT2D eigenvalue weighted by Gasteiger charge is 2.08. The van der Waals surface area contributed by atoms with Crippen molar-refractivity contribution in [1.82, 2.24) is 0 Å². The molecular weight excluding hydrogens is 186 g/mol. The first-order valence-corrected chi connectivity index (χ1v) is 5.52. The number of anilines is 1. The minimum Gasteiger partial charge on any atom is -0.508 e. The Bertz CT molecular complexity index is 346. The predicted molar refractivity (Wildman–Crippen MR) is 63.1 cm³/mol. The second-order valence-corrected chi connectivity index (χ2v) is 4.08. The van der Waals surface area contributed by atoms with Crippen molar-refractivity contribution in [3.8, 4) is 5.75 Å². The van der Waals surface area contributed by atoms with Gasteiger partial charge in [0.05, 0.1) is 0 Å². The van der Waals surface area contributed by atoms with Crippen LogP contribution in [-0.4, -0.2) is 11.7 Å². The van der Waals surface area contributed by atoms with Gasteiger partial charge in [-0.3, -0.25) is 0 Å². The summed E-state index contributed by atoms with van der Waals surface area (Å²) < 4.78 is 0. The van der Waals surface area contributed by atoms with Crippen molar-refractivity contribution in [3.63, 3.8) is 0 Å². The molecule has 0 saturated heterocycles. The number of benzene rings is 1. The smallest absolute Gasteiger partial charge is 0.117 e. The van der Waals surface area contributed by atoms with E-state index in [9.17, 15) is 5.11 Å². The van der Waals surface area contributed by atoms with Crippen LogP contribution in [0.15, 0.2) is 36.4 Å². The zero-order chi connectivity index (χ0) is 10.5. The zero-order valence-electron chi connectivity index (χ0n) is 8.82. The van der Waals surface area contributed by atoms with E-state index in [0.717, 1.165) is 18.2 Å². The lowest BCUT2D eigenvalue weighted by molar-refractivity contribution is 0.475. The topological polar surface area (TPSA) is 32.3 Å². The number of phenolic OH excluding ortho intramolecular Hbond substituents is 1. The first-order valence-electron chi connectivity index (χ1n) is 5.52. The van der Waals surface area contributed by atoms with Crippen LogP contribution in [0.2, 0.25) is 0 Å². The van der Waals surface area contributed by atoms with Crippen molar-refractivity contribution >= 4 is 5.69 Å². The molecule has 0 aromatic heterocycles. The summed E-state index contributed by atoms with van der Waals surface area (Å²) in [6, 6.07) is 7.30. The van der Waals surface area contributed by atoms with Gasteiger partial charge in [-0.1, -0.05) is 18.2 Å². The number of hydrogen-bond acceptors (Lipinski definition) is 2. The highest BCUT2D eigenvalue weighted by atomic mass is 16.3. The fourth-order valence-electron chi connectivity index (χ4n) is 1.92. The van der Waals surface area contributed by atoms with Gasteiger partial charge >= 0.3 is 0 Å². The van der Waals surface area contributed by atoms with Crippen LogP contribution in [0.1, 0.15) is 19.3 Å². The maximum atomic E-state index is 9.30. The minimum atomic E-state index is 0.323. The standard InChI is InChI=1S/C13H17NO/c15-13-8-4-7-12(9-13)14-10-11-5-2-1-3-6-11/h1-2,4,7-9,11,14-15H,3,5-6,10H2. The van der Waals surface area contributed by atoms with E-state index in [-0.39, 0.29) is 0 Å². The van der Waals surface area contributed by atoms with Crippen molar-refractivity contribution in [1.29, 1.82) is 0 Å². The molecule has 1 aliphatic rings. The first kappa shape index (κ1) is 10.1. The molecule has 0 aliphatic heterocycles. The Morgan fingerprint density at radius 2 is 2.27 bits per heavy atom. The highest BCUT2D eigenvalue weighted by molar-refractivity contribution is 5.47. The molecule has 0 fully saturated rings. The maximum Gasteiger partial charge on any atom is 0.117 e. The third-order valence-corrected chi connectivity index (χ3v) is 2.82. The van der Waals surface area contributed by atoms with Crippen LogP contribution >= 0.6 is 0 Å². The van der Waals surface area contributed by atoms with E-state index in [2.05, 4.69) is 17.5 Å². The lowest BCUT2D eigenvalue weighted by atomic mass is 9.94. The fraction of sp³-hybridized carbons (Fsp3) is 0.385. The molecule has 15 heavy (non-hydrogen) atoms. The Kier molecular flexibility index (Phi) is 3.28. The van der Waals surface area contributed by atoms with E-state index in [4.69, 9.17) is 0 Å². The predicted octanol–water partition coefficient (Wildman–Crippen LogP) is 3.16. The molecule has 2 N–H and O–H groups in total. The Balaban J connectivity index is 1.84. The maximum absolute atomic E-state index is 9.30. The normalized spacial score (nSPS) is 20.1. The molecule has 0 spiro atoms. The summed E-state index contributed by atoms with van der Waals surface area (Å²) in [4.78, 5) is 0. The largest absolute Gasteiger partial charge is 0.508 e. The van der Waals surface area contributed by atoms with Gasteiger partial charge in [-0.05, 0) is 37.3 Å². The quantitative estimate of drug-likeness (QED) is 0.739. The van der Waals surface area contributed by atoms with E-state index in [1.165, 1.54) is 19.3 Å². The highest BCUT2D eigenvalue weighted by Crippen LogP contribution is 2.20. The SMILES string of the molecule is Oc1cccc(NCC2CC=CCC2)c1. The Morgan fingerprint density at radius 1 is 1.33 bits per heavy atom. The molecule has 1 aromatic rings. The summed E-state index contributed by atoms with van der Waals surface area (Å²) in [6.45, 7) is 0.994. The number of rotatable bonds is 3. The molecule has 2 nitrogen and oxygen atoms in total. The molecule has 0 radical (unpaired) electrons. The fourth-order valence-corrected chi connectivity index (χ4v) is 1.92. The van der Waals surface area contributed by atoms with Gasteiger partial charge in [0.2, 0.25) is 0 Å². The van der Waals surface area contributed by atoms with Crippen LogP contribution in [0.3, 0.4) is 0 Å². The molecule has 0 bridgehead atoms. The lowest BCUT2D eigenvalue weighted by Gasteiger charge is -2.18. The van der Waals surface area contributed by atoms with Crippen molar-refractivity contribution in [2.45, 2.75) is 19.3 Å².